The standard InChI is InChI=1S/C16H12Cl3NO/c17-10-2-1-3-13(7-10)20-16(21)15-8-14(15)9-4-11(18)6-12(19)5-9/h1-7,14-15H,8H2,(H,20,21)/t14-,15+/m0/s1. The summed E-state index contributed by atoms with van der Waals surface area (Å²) < 4.78 is 0. The molecular formula is C16H12Cl3NO. The zero-order chi connectivity index (χ0) is 15.0. The van der Waals surface area contributed by atoms with Gasteiger partial charge in [-0.05, 0) is 54.3 Å². The van der Waals surface area contributed by atoms with E-state index in [1.54, 1.807) is 24.3 Å². The molecule has 0 spiro atoms. The molecule has 108 valence electrons. The van der Waals surface area contributed by atoms with Crippen LogP contribution >= 0.6 is 34.8 Å². The molecule has 1 aliphatic carbocycles. The maximum absolute atomic E-state index is 12.2. The van der Waals surface area contributed by atoms with Gasteiger partial charge in [0.05, 0.1) is 0 Å². The first-order chi connectivity index (χ1) is 10.0. The number of amides is 1. The van der Waals surface area contributed by atoms with Gasteiger partial charge in [-0.2, -0.15) is 0 Å². The van der Waals surface area contributed by atoms with Crippen LogP contribution in [0.15, 0.2) is 42.5 Å². The van der Waals surface area contributed by atoms with E-state index < -0.39 is 0 Å². The normalized spacial score (nSPS) is 20.1. The lowest BCUT2D eigenvalue weighted by atomic mass is 10.1. The van der Waals surface area contributed by atoms with Gasteiger partial charge >= 0.3 is 0 Å². The highest BCUT2D eigenvalue weighted by atomic mass is 35.5. The van der Waals surface area contributed by atoms with Crippen LogP contribution in [0, 0.1) is 5.92 Å². The van der Waals surface area contributed by atoms with Gasteiger partial charge in [0, 0.05) is 26.7 Å². The minimum absolute atomic E-state index is 0.00151. The molecule has 1 fully saturated rings. The molecule has 0 aliphatic heterocycles. The van der Waals surface area contributed by atoms with Crippen molar-refractivity contribution in [2.45, 2.75) is 12.3 Å². The van der Waals surface area contributed by atoms with Gasteiger partial charge in [-0.25, -0.2) is 0 Å². The van der Waals surface area contributed by atoms with Crippen LogP contribution in [-0.4, -0.2) is 5.91 Å². The van der Waals surface area contributed by atoms with Crippen molar-refractivity contribution in [1.82, 2.24) is 0 Å². The van der Waals surface area contributed by atoms with Crippen LogP contribution in [0.5, 0.6) is 0 Å². The summed E-state index contributed by atoms with van der Waals surface area (Å²) in [5.41, 5.74) is 1.72. The van der Waals surface area contributed by atoms with E-state index in [-0.39, 0.29) is 17.7 Å². The van der Waals surface area contributed by atoms with Gasteiger partial charge in [0.2, 0.25) is 5.91 Å². The first kappa shape index (κ1) is 14.7. The number of benzene rings is 2. The lowest BCUT2D eigenvalue weighted by Gasteiger charge is -2.06. The molecule has 21 heavy (non-hydrogen) atoms. The summed E-state index contributed by atoms with van der Waals surface area (Å²) in [6.07, 6.45) is 0.809. The summed E-state index contributed by atoms with van der Waals surface area (Å²) in [6.45, 7) is 0. The molecule has 5 heteroatoms. The van der Waals surface area contributed by atoms with Crippen LogP contribution in [0.2, 0.25) is 15.1 Å². The topological polar surface area (TPSA) is 29.1 Å². The van der Waals surface area contributed by atoms with E-state index in [4.69, 9.17) is 34.8 Å². The molecule has 0 aromatic heterocycles. The van der Waals surface area contributed by atoms with E-state index in [0.717, 1.165) is 12.0 Å². The number of hydrogen-bond acceptors (Lipinski definition) is 1. The van der Waals surface area contributed by atoms with E-state index in [2.05, 4.69) is 5.32 Å². The van der Waals surface area contributed by atoms with Crippen molar-refractivity contribution < 1.29 is 4.79 Å². The summed E-state index contributed by atoms with van der Waals surface area (Å²) in [4.78, 5) is 12.2. The number of hydrogen-bond donors (Lipinski definition) is 1. The number of anilines is 1. The highest BCUT2D eigenvalue weighted by Gasteiger charge is 2.44. The summed E-state index contributed by atoms with van der Waals surface area (Å²) in [6, 6.07) is 12.5. The summed E-state index contributed by atoms with van der Waals surface area (Å²) in [7, 11) is 0. The van der Waals surface area contributed by atoms with Crippen LogP contribution < -0.4 is 5.32 Å². The predicted molar refractivity (Wildman–Crippen MR) is 87.4 cm³/mol. The Hall–Kier alpha value is -1.22. The third-order valence-electron chi connectivity index (χ3n) is 3.53. The van der Waals surface area contributed by atoms with Gasteiger partial charge in [0.15, 0.2) is 0 Å². The van der Waals surface area contributed by atoms with Crippen molar-refractivity contribution in [3.8, 4) is 0 Å². The molecule has 2 nitrogen and oxygen atoms in total. The third kappa shape index (κ3) is 3.52. The first-order valence-electron chi connectivity index (χ1n) is 6.55. The molecule has 0 bridgehead atoms. The Kier molecular flexibility index (Phi) is 4.12. The molecule has 1 saturated carbocycles. The Morgan fingerprint density at radius 2 is 1.71 bits per heavy atom. The molecule has 0 radical (unpaired) electrons. The Bertz CT molecular complexity index is 681. The SMILES string of the molecule is O=C(Nc1cccc(Cl)c1)[C@@H]1C[C@H]1c1cc(Cl)cc(Cl)c1. The van der Waals surface area contributed by atoms with E-state index in [0.29, 0.717) is 20.8 Å². The summed E-state index contributed by atoms with van der Waals surface area (Å²) in [5.74, 6) is 0.136. The van der Waals surface area contributed by atoms with Crippen LogP contribution in [0.4, 0.5) is 5.69 Å². The zero-order valence-corrected chi connectivity index (χ0v) is 13.2. The molecule has 2 aromatic carbocycles. The fraction of sp³-hybridized carbons (Fsp3) is 0.188. The van der Waals surface area contributed by atoms with Gasteiger partial charge in [0.1, 0.15) is 0 Å². The molecule has 3 rings (SSSR count). The number of nitrogens with one attached hydrogen (secondary N) is 1. The highest BCUT2D eigenvalue weighted by Crippen LogP contribution is 2.49. The molecular weight excluding hydrogens is 329 g/mol. The third-order valence-corrected chi connectivity index (χ3v) is 4.20. The fourth-order valence-electron chi connectivity index (χ4n) is 2.44. The Morgan fingerprint density at radius 1 is 1.00 bits per heavy atom. The second-order valence-corrected chi connectivity index (χ2v) is 6.46. The lowest BCUT2D eigenvalue weighted by Crippen LogP contribution is -2.14. The second kappa shape index (κ2) is 5.88. The minimum atomic E-state index is -0.0430. The maximum Gasteiger partial charge on any atom is 0.228 e. The fourth-order valence-corrected chi connectivity index (χ4v) is 3.18. The van der Waals surface area contributed by atoms with Crippen LogP contribution in [0.3, 0.4) is 0 Å². The van der Waals surface area contributed by atoms with Gasteiger partial charge < -0.3 is 5.32 Å². The predicted octanol–water partition coefficient (Wildman–Crippen LogP) is 5.39. The zero-order valence-electron chi connectivity index (χ0n) is 10.9. The second-order valence-electron chi connectivity index (χ2n) is 5.15. The summed E-state index contributed by atoms with van der Waals surface area (Å²) in [5, 5.41) is 4.67. The van der Waals surface area contributed by atoms with Crippen molar-refractivity contribution in [1.29, 1.82) is 0 Å². The van der Waals surface area contributed by atoms with Gasteiger partial charge in [-0.1, -0.05) is 40.9 Å². The number of halogens is 3. The van der Waals surface area contributed by atoms with E-state index in [9.17, 15) is 4.79 Å². The van der Waals surface area contributed by atoms with E-state index in [1.165, 1.54) is 0 Å². The average molecular weight is 341 g/mol. The summed E-state index contributed by atoms with van der Waals surface area (Å²) >= 11 is 17.9. The average Bonchev–Trinajstić information content (AvgIpc) is 3.17. The smallest absolute Gasteiger partial charge is 0.228 e. The molecule has 1 amide bonds. The lowest BCUT2D eigenvalue weighted by molar-refractivity contribution is -0.117. The first-order valence-corrected chi connectivity index (χ1v) is 7.69. The molecule has 1 aliphatic rings. The van der Waals surface area contributed by atoms with Crippen LogP contribution in [0.25, 0.3) is 0 Å². The molecule has 2 atom stereocenters. The Morgan fingerprint density at radius 3 is 2.38 bits per heavy atom. The van der Waals surface area contributed by atoms with Crippen molar-refractivity contribution >= 4 is 46.4 Å². The Labute approximate surface area is 138 Å². The van der Waals surface area contributed by atoms with Crippen molar-refractivity contribution in [2.24, 2.45) is 5.92 Å². The van der Waals surface area contributed by atoms with Crippen molar-refractivity contribution in [2.75, 3.05) is 5.32 Å². The quantitative estimate of drug-likeness (QED) is 0.797. The number of rotatable bonds is 3. The minimum Gasteiger partial charge on any atom is -0.326 e. The molecule has 1 N–H and O–H groups in total. The highest BCUT2D eigenvalue weighted by molar-refractivity contribution is 6.34. The van der Waals surface area contributed by atoms with E-state index >= 15 is 0 Å². The van der Waals surface area contributed by atoms with Crippen molar-refractivity contribution in [3.05, 3.63) is 63.1 Å². The largest absolute Gasteiger partial charge is 0.326 e. The van der Waals surface area contributed by atoms with Gasteiger partial charge in [-0.15, -0.1) is 0 Å². The Balaban J connectivity index is 1.68. The van der Waals surface area contributed by atoms with E-state index in [1.807, 2.05) is 18.2 Å². The van der Waals surface area contributed by atoms with Crippen LogP contribution in [0.1, 0.15) is 17.9 Å². The number of carbonyl (C=O) groups is 1. The molecule has 0 heterocycles. The van der Waals surface area contributed by atoms with Crippen molar-refractivity contribution in [3.63, 3.8) is 0 Å². The molecule has 0 saturated heterocycles. The maximum atomic E-state index is 12.2. The van der Waals surface area contributed by atoms with Crippen LogP contribution in [-0.2, 0) is 4.79 Å². The van der Waals surface area contributed by atoms with Gasteiger partial charge in [-0.3, -0.25) is 4.79 Å². The van der Waals surface area contributed by atoms with Gasteiger partial charge in [0.25, 0.3) is 0 Å². The monoisotopic (exact) mass is 339 g/mol. The molecule has 0 unspecified atom stereocenters. The number of carbonyl (C=O) groups excluding carboxylic acids is 1. The molecule has 2 aromatic rings.